The normalized spacial score (nSPS) is 15.7. The van der Waals surface area contributed by atoms with Crippen molar-refractivity contribution in [3.8, 4) is 17.3 Å². The fourth-order valence-electron chi connectivity index (χ4n) is 5.41. The molecule has 42 heavy (non-hydrogen) atoms. The van der Waals surface area contributed by atoms with Gasteiger partial charge < -0.3 is 19.1 Å². The highest BCUT2D eigenvalue weighted by atomic mass is 32.2. The maximum absolute atomic E-state index is 13.4. The van der Waals surface area contributed by atoms with Crippen molar-refractivity contribution in [2.45, 2.75) is 46.6 Å². The molecule has 1 aliphatic heterocycles. The summed E-state index contributed by atoms with van der Waals surface area (Å²) in [7, 11) is 0.00963. The van der Waals surface area contributed by atoms with Crippen LogP contribution in [0.2, 0.25) is 0 Å². The van der Waals surface area contributed by atoms with Gasteiger partial charge >= 0.3 is 0 Å². The Morgan fingerprint density at radius 3 is 2.36 bits per heavy atom. The summed E-state index contributed by atoms with van der Waals surface area (Å²) in [4.78, 5) is 4.51. The van der Waals surface area contributed by atoms with Crippen LogP contribution in [0.15, 0.2) is 53.4 Å². The van der Waals surface area contributed by atoms with Crippen molar-refractivity contribution in [1.29, 1.82) is 5.26 Å². The third-order valence-corrected chi connectivity index (χ3v) is 9.69. The maximum Gasteiger partial charge on any atom is 0.251 e. The van der Waals surface area contributed by atoms with E-state index in [1.165, 1.54) is 11.1 Å². The summed E-state index contributed by atoms with van der Waals surface area (Å²) in [6.07, 6.45) is 0.490. The number of piperazine rings is 1. The number of ether oxygens (including phenoxy) is 1. The van der Waals surface area contributed by atoms with Gasteiger partial charge in [0.1, 0.15) is 6.07 Å². The molecule has 0 aliphatic carbocycles. The van der Waals surface area contributed by atoms with E-state index in [9.17, 15) is 13.7 Å². The number of nitriles is 1. The second-order valence-corrected chi connectivity index (χ2v) is 14.1. The Morgan fingerprint density at radius 1 is 1.02 bits per heavy atom. The Hall–Kier alpha value is -3.16. The van der Waals surface area contributed by atoms with Crippen molar-refractivity contribution >= 4 is 32.1 Å². The van der Waals surface area contributed by atoms with Crippen molar-refractivity contribution in [3.05, 3.63) is 59.1 Å². The topological polar surface area (TPSA) is 90.6 Å². The van der Waals surface area contributed by atoms with Crippen LogP contribution in [-0.2, 0) is 21.8 Å². The van der Waals surface area contributed by atoms with E-state index in [1.54, 1.807) is 6.92 Å². The molecular weight excluding hydrogens is 546 g/mol. The predicted octanol–water partition coefficient (Wildman–Crippen LogP) is 5.61. The second kappa shape index (κ2) is 13.0. The van der Waals surface area contributed by atoms with E-state index in [2.05, 4.69) is 71.8 Å². The molecule has 0 bridgehead atoms. The third kappa shape index (κ3) is 7.42. The van der Waals surface area contributed by atoms with Crippen LogP contribution >= 0.6 is 0 Å². The largest absolute Gasteiger partial charge is 0.381 e. The van der Waals surface area contributed by atoms with E-state index in [0.717, 1.165) is 42.8 Å². The molecule has 1 fully saturated rings. The van der Waals surface area contributed by atoms with Crippen molar-refractivity contribution in [3.63, 3.8) is 0 Å². The molecule has 0 atom stereocenters. The summed E-state index contributed by atoms with van der Waals surface area (Å²) in [5.41, 5.74) is 3.53. The first-order chi connectivity index (χ1) is 19.8. The molecule has 0 radical (unpaired) electrons. The number of benzene rings is 2. The molecule has 226 valence electrons. The average molecular weight is 592 g/mol. The lowest BCUT2D eigenvalue weighted by atomic mass is 10.0. The Balaban J connectivity index is 1.56. The number of anilines is 1. The van der Waals surface area contributed by atoms with Crippen molar-refractivity contribution in [1.82, 2.24) is 14.2 Å². The molecule has 3 aromatic rings. The van der Waals surface area contributed by atoms with Gasteiger partial charge in [-0.05, 0) is 86.8 Å². The van der Waals surface area contributed by atoms with Crippen molar-refractivity contribution in [2.75, 3.05) is 51.3 Å². The highest BCUT2D eigenvalue weighted by Crippen LogP contribution is 2.32. The van der Waals surface area contributed by atoms with E-state index in [0.29, 0.717) is 36.8 Å². The monoisotopic (exact) mass is 591 g/mol. The third-order valence-electron chi connectivity index (χ3n) is 7.94. The van der Waals surface area contributed by atoms with Gasteiger partial charge in [0.15, 0.2) is 4.91 Å². The zero-order valence-electron chi connectivity index (χ0n) is 26.1. The molecule has 1 aliphatic rings. The van der Waals surface area contributed by atoms with Crippen LogP contribution in [0.4, 0.5) is 5.69 Å². The summed E-state index contributed by atoms with van der Waals surface area (Å²) in [6.45, 7) is 14.7. The number of hydrogen-bond acceptors (Lipinski definition) is 6. The highest BCUT2D eigenvalue weighted by Gasteiger charge is 2.30. The number of fused-ring (bicyclic) bond motifs is 1. The van der Waals surface area contributed by atoms with Gasteiger partial charge in [-0.15, -0.1) is 0 Å². The molecule has 1 N–H and O–H groups in total. The molecule has 0 amide bonds. The number of rotatable bonds is 11. The molecule has 4 rings (SSSR count). The predicted molar refractivity (Wildman–Crippen MR) is 173 cm³/mol. The maximum atomic E-state index is 13.4. The Kier molecular flexibility index (Phi) is 9.84. The SMILES string of the molecule is C/C(=C(/C#N)S(=O)(=O)NC(C)(C)CCOCC(C)C)c1ccc(-c2ccc3cc(N4CCN(C)CC4)ccc3c2)n1C. The minimum absolute atomic E-state index is 0.277. The standard InChI is InChI=1S/C33H45N5O3S/c1-24(2)23-41-19-14-33(4,5)35-42(39,40)32(22-34)25(3)30-12-13-31(37(30)7)28-9-8-27-21-29(11-10-26(27)20-28)38-17-15-36(6)16-18-38/h8-13,20-21,24,35H,14-19,23H2,1-7H3/b32-25+. The van der Waals surface area contributed by atoms with Crippen LogP contribution in [0.5, 0.6) is 0 Å². The van der Waals surface area contributed by atoms with Crippen LogP contribution in [-0.4, -0.2) is 69.9 Å². The molecular formula is C33H45N5O3S. The van der Waals surface area contributed by atoms with E-state index < -0.39 is 15.6 Å². The average Bonchev–Trinajstić information content (AvgIpc) is 3.31. The van der Waals surface area contributed by atoms with Crippen LogP contribution in [0.1, 0.15) is 46.7 Å². The van der Waals surface area contributed by atoms with Gasteiger partial charge in [0, 0.05) is 74.6 Å². The second-order valence-electron chi connectivity index (χ2n) is 12.5. The van der Waals surface area contributed by atoms with Gasteiger partial charge in [0.25, 0.3) is 10.0 Å². The Morgan fingerprint density at radius 2 is 1.69 bits per heavy atom. The number of likely N-dealkylation sites (N-methyl/N-ethyl adjacent to an activating group) is 1. The summed E-state index contributed by atoms with van der Waals surface area (Å²) >= 11 is 0. The molecule has 0 saturated carbocycles. The van der Waals surface area contributed by atoms with Gasteiger partial charge in [-0.1, -0.05) is 32.0 Å². The van der Waals surface area contributed by atoms with Gasteiger partial charge in [-0.2, -0.15) is 5.26 Å². The quantitative estimate of drug-likeness (QED) is 0.230. The molecule has 1 aromatic heterocycles. The van der Waals surface area contributed by atoms with Crippen molar-refractivity contribution < 1.29 is 13.2 Å². The fourth-order valence-corrected chi connectivity index (χ4v) is 6.96. The number of nitrogens with zero attached hydrogens (tertiary/aromatic N) is 4. The van der Waals surface area contributed by atoms with E-state index in [4.69, 9.17) is 4.74 Å². The molecule has 2 aromatic carbocycles. The zero-order valence-corrected chi connectivity index (χ0v) is 26.9. The Bertz CT molecular complexity index is 1590. The fraction of sp³-hybridized carbons (Fsp3) is 0.485. The minimum atomic E-state index is -4.06. The van der Waals surface area contributed by atoms with E-state index >= 15 is 0 Å². The van der Waals surface area contributed by atoms with Gasteiger partial charge in [0.2, 0.25) is 0 Å². The van der Waals surface area contributed by atoms with Crippen molar-refractivity contribution in [2.24, 2.45) is 13.0 Å². The first kappa shape index (κ1) is 31.8. The van der Waals surface area contributed by atoms with Crippen LogP contribution in [0.3, 0.4) is 0 Å². The number of nitrogens with one attached hydrogen (secondary N) is 1. The molecule has 0 spiro atoms. The number of allylic oxidation sites excluding steroid dienone is 2. The van der Waals surface area contributed by atoms with Gasteiger partial charge in [0.05, 0.1) is 0 Å². The first-order valence-corrected chi connectivity index (χ1v) is 16.2. The zero-order chi connectivity index (χ0) is 30.7. The summed E-state index contributed by atoms with van der Waals surface area (Å²) < 4.78 is 37.1. The summed E-state index contributed by atoms with van der Waals surface area (Å²) in [5.74, 6) is 0.408. The number of sulfonamides is 1. The van der Waals surface area contributed by atoms with Gasteiger partial charge in [-0.25, -0.2) is 13.1 Å². The lowest BCUT2D eigenvalue weighted by molar-refractivity contribution is 0.0953. The van der Waals surface area contributed by atoms with Gasteiger partial charge in [-0.3, -0.25) is 0 Å². The van der Waals surface area contributed by atoms with E-state index in [1.807, 2.05) is 43.7 Å². The van der Waals surface area contributed by atoms with E-state index in [-0.39, 0.29) is 4.91 Å². The highest BCUT2D eigenvalue weighted by molar-refractivity contribution is 7.94. The Labute approximate surface area is 251 Å². The first-order valence-electron chi connectivity index (χ1n) is 14.7. The smallest absolute Gasteiger partial charge is 0.251 e. The van der Waals surface area contributed by atoms with Crippen LogP contribution in [0.25, 0.3) is 27.6 Å². The lowest BCUT2D eigenvalue weighted by Gasteiger charge is -2.34. The molecule has 1 saturated heterocycles. The molecule has 9 heteroatoms. The summed E-state index contributed by atoms with van der Waals surface area (Å²) in [6, 6.07) is 18.8. The molecule has 0 unspecified atom stereocenters. The number of aromatic nitrogens is 1. The van der Waals surface area contributed by atoms with Crippen LogP contribution in [0, 0.1) is 17.2 Å². The molecule has 8 nitrogen and oxygen atoms in total. The lowest BCUT2D eigenvalue weighted by Crippen LogP contribution is -2.44. The van der Waals surface area contributed by atoms with Crippen LogP contribution < -0.4 is 9.62 Å². The molecule has 2 heterocycles. The summed E-state index contributed by atoms with van der Waals surface area (Å²) in [5, 5.41) is 12.3. The minimum Gasteiger partial charge on any atom is -0.381 e. The number of hydrogen-bond donors (Lipinski definition) is 1.